The highest BCUT2D eigenvalue weighted by molar-refractivity contribution is 6.20. The highest BCUT2D eigenvalue weighted by atomic mass is 35.5. The summed E-state index contributed by atoms with van der Waals surface area (Å²) in [5.41, 5.74) is 1.04. The van der Waals surface area contributed by atoms with E-state index in [2.05, 4.69) is 5.32 Å². The van der Waals surface area contributed by atoms with Crippen LogP contribution < -0.4 is 5.32 Å². The fourth-order valence-electron chi connectivity index (χ4n) is 2.48. The smallest absolute Gasteiger partial charge is 0.251 e. The summed E-state index contributed by atoms with van der Waals surface area (Å²) in [5, 5.41) is 12.0. The third-order valence-electron chi connectivity index (χ3n) is 3.52. The van der Waals surface area contributed by atoms with Crippen LogP contribution in [-0.4, -0.2) is 17.8 Å². The number of rotatable bonds is 3. The van der Waals surface area contributed by atoms with Gasteiger partial charge in [0.05, 0.1) is 11.6 Å². The molecule has 2 unspecified atom stereocenters. The van der Waals surface area contributed by atoms with E-state index < -0.39 is 0 Å². The number of nitrogens with zero attached hydrogens (tertiary/aromatic N) is 1. The van der Waals surface area contributed by atoms with Gasteiger partial charge < -0.3 is 5.32 Å². The number of hydrogen-bond acceptors (Lipinski definition) is 2. The first-order chi connectivity index (χ1) is 9.19. The van der Waals surface area contributed by atoms with E-state index in [0.717, 1.165) is 25.7 Å². The van der Waals surface area contributed by atoms with Gasteiger partial charge in [-0.15, -0.1) is 11.6 Å². The maximum Gasteiger partial charge on any atom is 0.251 e. The first kappa shape index (κ1) is 13.9. The topological polar surface area (TPSA) is 52.9 Å². The largest absolute Gasteiger partial charge is 0.352 e. The van der Waals surface area contributed by atoms with Crippen molar-refractivity contribution in [2.45, 2.75) is 31.1 Å². The number of alkyl halides is 1. The Labute approximate surface area is 118 Å². The molecule has 0 aromatic heterocycles. The summed E-state index contributed by atoms with van der Waals surface area (Å²) in [6.45, 7) is 0.666. The molecule has 1 aliphatic rings. The Balaban J connectivity index is 1.88. The van der Waals surface area contributed by atoms with Crippen LogP contribution in [0.4, 0.5) is 0 Å². The van der Waals surface area contributed by atoms with E-state index in [9.17, 15) is 4.79 Å². The lowest BCUT2D eigenvalue weighted by Crippen LogP contribution is -2.32. The molecule has 1 aromatic rings. The molecule has 1 aromatic carbocycles. The third-order valence-corrected chi connectivity index (χ3v) is 3.92. The molecule has 1 fully saturated rings. The lowest BCUT2D eigenvalue weighted by Gasteiger charge is -2.25. The number of carbonyl (C=O) groups is 1. The van der Waals surface area contributed by atoms with Crippen molar-refractivity contribution in [1.29, 1.82) is 5.26 Å². The Kier molecular flexibility index (Phi) is 4.81. The van der Waals surface area contributed by atoms with Gasteiger partial charge in [-0.3, -0.25) is 4.79 Å². The molecule has 0 bridgehead atoms. The molecule has 0 saturated heterocycles. The van der Waals surface area contributed by atoms with Gasteiger partial charge in [-0.1, -0.05) is 12.5 Å². The average Bonchev–Trinajstić information content (AvgIpc) is 2.45. The molecule has 1 aliphatic carbocycles. The maximum atomic E-state index is 12.0. The summed E-state index contributed by atoms with van der Waals surface area (Å²) < 4.78 is 0. The number of nitriles is 1. The van der Waals surface area contributed by atoms with Crippen molar-refractivity contribution in [2.75, 3.05) is 6.54 Å². The van der Waals surface area contributed by atoms with E-state index >= 15 is 0 Å². The highest BCUT2D eigenvalue weighted by Gasteiger charge is 2.20. The van der Waals surface area contributed by atoms with Crippen LogP contribution in [0.1, 0.15) is 41.6 Å². The molecule has 4 heteroatoms. The number of halogens is 1. The standard InChI is InChI=1S/C15H17ClN2O/c16-14-6-2-4-12(8-14)10-18-15(19)13-5-1-3-11(7-13)9-17/h1,3,5,7,12,14H,2,4,6,8,10H2,(H,18,19). The van der Waals surface area contributed by atoms with Crippen LogP contribution in [0.15, 0.2) is 24.3 Å². The molecule has 2 atom stereocenters. The average molecular weight is 277 g/mol. The van der Waals surface area contributed by atoms with Crippen molar-refractivity contribution in [3.63, 3.8) is 0 Å². The monoisotopic (exact) mass is 276 g/mol. The summed E-state index contributed by atoms with van der Waals surface area (Å²) >= 11 is 6.13. The summed E-state index contributed by atoms with van der Waals surface area (Å²) in [6, 6.07) is 8.79. The van der Waals surface area contributed by atoms with Crippen molar-refractivity contribution in [3.8, 4) is 6.07 Å². The Hall–Kier alpha value is -1.53. The lowest BCUT2D eigenvalue weighted by molar-refractivity contribution is 0.0943. The molecule has 1 amide bonds. The molecule has 1 saturated carbocycles. The van der Waals surface area contributed by atoms with E-state index in [1.54, 1.807) is 24.3 Å². The highest BCUT2D eigenvalue weighted by Crippen LogP contribution is 2.27. The van der Waals surface area contributed by atoms with Gasteiger partial charge in [0.25, 0.3) is 5.91 Å². The fraction of sp³-hybridized carbons (Fsp3) is 0.467. The summed E-state index contributed by atoms with van der Waals surface area (Å²) in [5.74, 6) is 0.355. The Morgan fingerprint density at radius 1 is 1.47 bits per heavy atom. The van der Waals surface area contributed by atoms with Crippen LogP contribution >= 0.6 is 11.6 Å². The van der Waals surface area contributed by atoms with Crippen LogP contribution in [0.5, 0.6) is 0 Å². The van der Waals surface area contributed by atoms with E-state index in [1.807, 2.05) is 6.07 Å². The van der Waals surface area contributed by atoms with Crippen molar-refractivity contribution < 1.29 is 4.79 Å². The summed E-state index contributed by atoms with van der Waals surface area (Å²) in [6.07, 6.45) is 4.32. The minimum absolute atomic E-state index is 0.117. The van der Waals surface area contributed by atoms with Gasteiger partial charge in [0.1, 0.15) is 0 Å². The predicted octanol–water partition coefficient (Wildman–Crippen LogP) is 3.09. The molecule has 19 heavy (non-hydrogen) atoms. The number of amides is 1. The minimum Gasteiger partial charge on any atom is -0.352 e. The number of carbonyl (C=O) groups excluding carboxylic acids is 1. The van der Waals surface area contributed by atoms with Gasteiger partial charge in [-0.25, -0.2) is 0 Å². The zero-order chi connectivity index (χ0) is 13.7. The molecule has 0 radical (unpaired) electrons. The van der Waals surface area contributed by atoms with Crippen LogP contribution in [0.3, 0.4) is 0 Å². The first-order valence-corrected chi connectivity index (χ1v) is 7.05. The SMILES string of the molecule is N#Cc1cccc(C(=O)NCC2CCCC(Cl)C2)c1. The molecule has 2 rings (SSSR count). The van der Waals surface area contributed by atoms with Crippen LogP contribution in [0, 0.1) is 17.2 Å². The number of nitrogens with one attached hydrogen (secondary N) is 1. The predicted molar refractivity (Wildman–Crippen MR) is 75.1 cm³/mol. The van der Waals surface area contributed by atoms with Crippen LogP contribution in [-0.2, 0) is 0 Å². The van der Waals surface area contributed by atoms with Gasteiger partial charge in [0.2, 0.25) is 0 Å². The van der Waals surface area contributed by atoms with Crippen molar-refractivity contribution in [3.05, 3.63) is 35.4 Å². The quantitative estimate of drug-likeness (QED) is 0.863. The minimum atomic E-state index is -0.117. The Morgan fingerprint density at radius 3 is 3.05 bits per heavy atom. The normalized spacial score (nSPS) is 22.5. The molecular formula is C15H17ClN2O. The van der Waals surface area contributed by atoms with Crippen LogP contribution in [0.2, 0.25) is 0 Å². The van der Waals surface area contributed by atoms with Gasteiger partial charge in [0.15, 0.2) is 0 Å². The van der Waals surface area contributed by atoms with Crippen molar-refractivity contribution >= 4 is 17.5 Å². The molecule has 3 nitrogen and oxygen atoms in total. The molecule has 0 spiro atoms. The molecule has 0 aliphatic heterocycles. The van der Waals surface area contributed by atoms with Crippen LogP contribution in [0.25, 0.3) is 0 Å². The third kappa shape index (κ3) is 3.97. The van der Waals surface area contributed by atoms with Gasteiger partial charge >= 0.3 is 0 Å². The van der Waals surface area contributed by atoms with Gasteiger partial charge in [0, 0.05) is 17.5 Å². The first-order valence-electron chi connectivity index (χ1n) is 6.61. The Bertz CT molecular complexity index is 495. The fourth-order valence-corrected chi connectivity index (χ4v) is 2.89. The summed E-state index contributed by atoms with van der Waals surface area (Å²) in [4.78, 5) is 12.0. The molecule has 100 valence electrons. The zero-order valence-corrected chi connectivity index (χ0v) is 11.5. The van der Waals surface area contributed by atoms with Crippen molar-refractivity contribution in [1.82, 2.24) is 5.32 Å². The molecule has 0 heterocycles. The van der Waals surface area contributed by atoms with Crippen molar-refractivity contribution in [2.24, 2.45) is 5.92 Å². The van der Waals surface area contributed by atoms with Gasteiger partial charge in [-0.2, -0.15) is 5.26 Å². The number of hydrogen-bond donors (Lipinski definition) is 1. The lowest BCUT2D eigenvalue weighted by atomic mass is 9.89. The number of benzene rings is 1. The van der Waals surface area contributed by atoms with E-state index in [0.29, 0.717) is 23.6 Å². The second kappa shape index (κ2) is 6.58. The maximum absolute atomic E-state index is 12.0. The Morgan fingerprint density at radius 2 is 2.32 bits per heavy atom. The van der Waals surface area contributed by atoms with E-state index in [-0.39, 0.29) is 11.3 Å². The second-order valence-corrected chi connectivity index (χ2v) is 5.65. The molecular weight excluding hydrogens is 260 g/mol. The zero-order valence-electron chi connectivity index (χ0n) is 10.7. The molecule has 1 N–H and O–H groups in total. The second-order valence-electron chi connectivity index (χ2n) is 5.03. The van der Waals surface area contributed by atoms with Gasteiger partial charge in [-0.05, 0) is 43.4 Å². The summed E-state index contributed by atoms with van der Waals surface area (Å²) in [7, 11) is 0. The van der Waals surface area contributed by atoms with E-state index in [4.69, 9.17) is 16.9 Å². The van der Waals surface area contributed by atoms with E-state index in [1.165, 1.54) is 0 Å².